The normalized spacial score (nSPS) is 25.9. The lowest BCUT2D eigenvalue weighted by atomic mass is 9.85. The molecule has 1 aromatic heterocycles. The Morgan fingerprint density at radius 2 is 2.30 bits per heavy atom. The maximum atomic E-state index is 11.4. The van der Waals surface area contributed by atoms with Crippen molar-refractivity contribution in [2.24, 2.45) is 11.8 Å². The van der Waals surface area contributed by atoms with E-state index in [1.165, 1.54) is 0 Å². The van der Waals surface area contributed by atoms with Crippen molar-refractivity contribution >= 4 is 17.7 Å². The number of piperidine rings is 2. The van der Waals surface area contributed by atoms with Crippen molar-refractivity contribution < 1.29 is 4.79 Å². The number of nitrogens with one attached hydrogen (secondary N) is 2. The third-order valence-electron chi connectivity index (χ3n) is 4.12. The molecule has 0 spiro atoms. The Morgan fingerprint density at radius 1 is 1.45 bits per heavy atom. The molecule has 4 N–H and O–H groups in total. The average Bonchev–Trinajstić information content (AvgIpc) is 2.46. The van der Waals surface area contributed by atoms with E-state index in [9.17, 15) is 4.79 Å². The molecule has 1 amide bonds. The van der Waals surface area contributed by atoms with Gasteiger partial charge < -0.3 is 10.2 Å². The van der Waals surface area contributed by atoms with Crippen LogP contribution in [0.15, 0.2) is 6.07 Å². The van der Waals surface area contributed by atoms with Crippen LogP contribution < -0.4 is 21.5 Å². The van der Waals surface area contributed by atoms with Gasteiger partial charge in [0.1, 0.15) is 5.82 Å². The standard InChI is InChI=1S/C13H20N6O/c1-8-6-11(17-13(15-8)18-14)19-5-4-10-9(7-19)2-3-12(20)16-10/h6,9-10H,2-5,7,14H2,1H3,(H,16,20)(H,15,17,18). The van der Waals surface area contributed by atoms with Crippen LogP contribution in [-0.2, 0) is 4.79 Å². The van der Waals surface area contributed by atoms with Gasteiger partial charge in [0.15, 0.2) is 0 Å². The van der Waals surface area contributed by atoms with Crippen LogP contribution in [0.1, 0.15) is 25.0 Å². The summed E-state index contributed by atoms with van der Waals surface area (Å²) in [5.41, 5.74) is 3.39. The highest BCUT2D eigenvalue weighted by Crippen LogP contribution is 2.28. The Bertz CT molecular complexity index is 520. The van der Waals surface area contributed by atoms with Crippen molar-refractivity contribution in [3.05, 3.63) is 11.8 Å². The molecule has 7 nitrogen and oxygen atoms in total. The van der Waals surface area contributed by atoms with Gasteiger partial charge in [-0.2, -0.15) is 4.98 Å². The number of hydrogen-bond donors (Lipinski definition) is 3. The SMILES string of the molecule is Cc1cc(N2CCC3NC(=O)CCC3C2)nc(NN)n1. The Hall–Kier alpha value is -1.89. The number of anilines is 2. The van der Waals surface area contributed by atoms with E-state index in [-0.39, 0.29) is 5.91 Å². The van der Waals surface area contributed by atoms with Gasteiger partial charge in [-0.25, -0.2) is 10.8 Å². The lowest BCUT2D eigenvalue weighted by Gasteiger charge is -2.41. The predicted molar refractivity (Wildman–Crippen MR) is 76.1 cm³/mol. The second-order valence-electron chi connectivity index (χ2n) is 5.54. The molecule has 0 bridgehead atoms. The molecule has 0 aliphatic carbocycles. The second kappa shape index (κ2) is 5.24. The number of rotatable bonds is 2. The number of nitrogens with zero attached hydrogens (tertiary/aromatic N) is 3. The van der Waals surface area contributed by atoms with Gasteiger partial charge >= 0.3 is 0 Å². The van der Waals surface area contributed by atoms with Crippen LogP contribution in [-0.4, -0.2) is 35.0 Å². The highest BCUT2D eigenvalue weighted by atomic mass is 16.1. The van der Waals surface area contributed by atoms with E-state index in [0.717, 1.165) is 37.4 Å². The van der Waals surface area contributed by atoms with Gasteiger partial charge in [-0.05, 0) is 25.7 Å². The van der Waals surface area contributed by atoms with Crippen LogP contribution in [0.25, 0.3) is 0 Å². The molecule has 2 unspecified atom stereocenters. The number of hydrogen-bond acceptors (Lipinski definition) is 6. The summed E-state index contributed by atoms with van der Waals surface area (Å²) in [4.78, 5) is 22.3. The van der Waals surface area contributed by atoms with Crippen molar-refractivity contribution in [1.82, 2.24) is 15.3 Å². The molecular weight excluding hydrogens is 256 g/mol. The molecule has 2 aliphatic rings. The highest BCUT2D eigenvalue weighted by Gasteiger charge is 2.34. The van der Waals surface area contributed by atoms with Crippen molar-refractivity contribution in [2.75, 3.05) is 23.4 Å². The maximum Gasteiger partial charge on any atom is 0.239 e. The van der Waals surface area contributed by atoms with Crippen molar-refractivity contribution in [3.8, 4) is 0 Å². The topological polar surface area (TPSA) is 96.2 Å². The first-order chi connectivity index (χ1) is 9.65. The number of nitrogens with two attached hydrogens (primary N) is 1. The minimum atomic E-state index is 0.187. The van der Waals surface area contributed by atoms with E-state index in [1.54, 1.807) is 0 Å². The molecule has 2 atom stereocenters. The number of nitrogen functional groups attached to an aromatic ring is 1. The van der Waals surface area contributed by atoms with E-state index in [0.29, 0.717) is 24.3 Å². The molecule has 0 aromatic carbocycles. The zero-order chi connectivity index (χ0) is 14.1. The summed E-state index contributed by atoms with van der Waals surface area (Å²) < 4.78 is 0. The maximum absolute atomic E-state index is 11.4. The summed E-state index contributed by atoms with van der Waals surface area (Å²) in [6.45, 7) is 3.74. The Balaban J connectivity index is 1.76. The summed E-state index contributed by atoms with van der Waals surface area (Å²) >= 11 is 0. The van der Waals surface area contributed by atoms with E-state index in [1.807, 2.05) is 13.0 Å². The molecule has 3 heterocycles. The Kier molecular flexibility index (Phi) is 3.43. The zero-order valence-corrected chi connectivity index (χ0v) is 11.6. The predicted octanol–water partition coefficient (Wildman–Crippen LogP) is 0.176. The van der Waals surface area contributed by atoms with Gasteiger partial charge in [0.05, 0.1) is 0 Å². The van der Waals surface area contributed by atoms with Gasteiger partial charge in [-0.15, -0.1) is 0 Å². The van der Waals surface area contributed by atoms with Gasteiger partial charge in [-0.1, -0.05) is 0 Å². The summed E-state index contributed by atoms with van der Waals surface area (Å²) in [6, 6.07) is 2.30. The quantitative estimate of drug-likeness (QED) is 0.526. The van der Waals surface area contributed by atoms with E-state index >= 15 is 0 Å². The molecule has 3 rings (SSSR count). The number of fused-ring (bicyclic) bond motifs is 1. The lowest BCUT2D eigenvalue weighted by molar-refractivity contribution is -0.124. The third-order valence-corrected chi connectivity index (χ3v) is 4.12. The van der Waals surface area contributed by atoms with Gasteiger partial charge in [-0.3, -0.25) is 10.2 Å². The molecule has 1 aromatic rings. The smallest absolute Gasteiger partial charge is 0.239 e. The molecule has 108 valence electrons. The van der Waals surface area contributed by atoms with Gasteiger partial charge in [0.25, 0.3) is 0 Å². The van der Waals surface area contributed by atoms with Crippen molar-refractivity contribution in [2.45, 2.75) is 32.2 Å². The fraction of sp³-hybridized carbons (Fsp3) is 0.615. The number of carbonyl (C=O) groups excluding carboxylic acids is 1. The summed E-state index contributed by atoms with van der Waals surface area (Å²) in [6.07, 6.45) is 2.55. The fourth-order valence-electron chi connectivity index (χ4n) is 3.10. The van der Waals surface area contributed by atoms with Crippen LogP contribution in [0, 0.1) is 12.8 Å². The monoisotopic (exact) mass is 276 g/mol. The van der Waals surface area contributed by atoms with Gasteiger partial charge in [0, 0.05) is 37.3 Å². The van der Waals surface area contributed by atoms with Crippen LogP contribution >= 0.6 is 0 Å². The van der Waals surface area contributed by atoms with Crippen LogP contribution in [0.4, 0.5) is 11.8 Å². The van der Waals surface area contributed by atoms with Crippen LogP contribution in [0.5, 0.6) is 0 Å². The molecule has 0 saturated carbocycles. The van der Waals surface area contributed by atoms with Crippen LogP contribution in [0.2, 0.25) is 0 Å². The molecule has 2 saturated heterocycles. The minimum absolute atomic E-state index is 0.187. The number of amides is 1. The van der Waals surface area contributed by atoms with E-state index in [4.69, 9.17) is 5.84 Å². The Morgan fingerprint density at radius 3 is 3.10 bits per heavy atom. The van der Waals surface area contributed by atoms with Gasteiger partial charge in [0.2, 0.25) is 11.9 Å². The number of carbonyl (C=O) groups is 1. The summed E-state index contributed by atoms with van der Waals surface area (Å²) in [7, 11) is 0. The molecule has 2 fully saturated rings. The lowest BCUT2D eigenvalue weighted by Crippen LogP contribution is -2.54. The molecule has 20 heavy (non-hydrogen) atoms. The molecule has 0 radical (unpaired) electrons. The molecular formula is C13H20N6O. The summed E-state index contributed by atoms with van der Waals surface area (Å²) in [5, 5.41) is 3.09. The first kappa shape index (κ1) is 13.1. The first-order valence-electron chi connectivity index (χ1n) is 7.02. The molecule has 7 heteroatoms. The largest absolute Gasteiger partial charge is 0.356 e. The number of aryl methyl sites for hydroxylation is 1. The van der Waals surface area contributed by atoms with E-state index < -0.39 is 0 Å². The summed E-state index contributed by atoms with van der Waals surface area (Å²) in [5.74, 6) is 7.44. The second-order valence-corrected chi connectivity index (χ2v) is 5.54. The number of aromatic nitrogens is 2. The van der Waals surface area contributed by atoms with E-state index in [2.05, 4.69) is 25.6 Å². The molecule has 2 aliphatic heterocycles. The minimum Gasteiger partial charge on any atom is -0.356 e. The van der Waals surface area contributed by atoms with Crippen molar-refractivity contribution in [1.29, 1.82) is 0 Å². The fourth-order valence-corrected chi connectivity index (χ4v) is 3.10. The van der Waals surface area contributed by atoms with Crippen LogP contribution in [0.3, 0.4) is 0 Å². The first-order valence-corrected chi connectivity index (χ1v) is 7.02. The highest BCUT2D eigenvalue weighted by molar-refractivity contribution is 5.77. The zero-order valence-electron chi connectivity index (χ0n) is 11.6. The number of hydrazine groups is 1. The average molecular weight is 276 g/mol. The Labute approximate surface area is 117 Å². The third kappa shape index (κ3) is 2.53. The van der Waals surface area contributed by atoms with Crippen molar-refractivity contribution in [3.63, 3.8) is 0 Å².